The van der Waals surface area contributed by atoms with Crippen molar-refractivity contribution < 1.29 is 24.1 Å². The molecule has 1 aliphatic heterocycles. The summed E-state index contributed by atoms with van der Waals surface area (Å²) in [6.45, 7) is -0.237. The van der Waals surface area contributed by atoms with Crippen molar-refractivity contribution in [2.24, 2.45) is 0 Å². The predicted molar refractivity (Wildman–Crippen MR) is 89.7 cm³/mol. The largest absolute Gasteiger partial charge is 0.497 e. The van der Waals surface area contributed by atoms with E-state index in [-0.39, 0.29) is 29.6 Å². The molecular weight excluding hydrogens is 325 g/mol. The monoisotopic (exact) mass is 345 g/mol. The summed E-state index contributed by atoms with van der Waals surface area (Å²) in [5, 5.41) is 19.1. The maximum Gasteiger partial charge on any atom is 0.254 e. The minimum absolute atomic E-state index is 0.141. The zero-order chi connectivity index (χ0) is 18.0. The minimum atomic E-state index is -0.637. The van der Waals surface area contributed by atoms with Gasteiger partial charge in [0.05, 0.1) is 25.9 Å². The Labute approximate surface area is 145 Å². The standard InChI is InChI=1S/C19H20FNO4/c1-25-16-4-2-3-12(7-16)18-9-15(23)10-21(18)19(24)13-5-6-14(11-22)17(20)8-13/h2-8,15,18,22-23H,9-11H2,1H3/t15-,18+/m1/s1. The normalized spacial score (nSPS) is 19.9. The van der Waals surface area contributed by atoms with Crippen LogP contribution in [0.15, 0.2) is 42.5 Å². The lowest BCUT2D eigenvalue weighted by Gasteiger charge is -2.25. The highest BCUT2D eigenvalue weighted by molar-refractivity contribution is 5.94. The first-order valence-electron chi connectivity index (χ1n) is 8.05. The Bertz CT molecular complexity index is 780. The first kappa shape index (κ1) is 17.4. The van der Waals surface area contributed by atoms with Gasteiger partial charge in [0.25, 0.3) is 5.91 Å². The number of carbonyl (C=O) groups is 1. The number of hydrogen-bond donors (Lipinski definition) is 2. The molecule has 0 saturated carbocycles. The summed E-state index contributed by atoms with van der Waals surface area (Å²) in [5.41, 5.74) is 1.19. The fourth-order valence-electron chi connectivity index (χ4n) is 3.18. The number of benzene rings is 2. The summed E-state index contributed by atoms with van der Waals surface area (Å²) < 4.78 is 19.1. The molecule has 1 saturated heterocycles. The van der Waals surface area contributed by atoms with Crippen LogP contribution in [0.4, 0.5) is 4.39 Å². The highest BCUT2D eigenvalue weighted by atomic mass is 19.1. The zero-order valence-electron chi connectivity index (χ0n) is 13.9. The van der Waals surface area contributed by atoms with Gasteiger partial charge in [0, 0.05) is 17.7 Å². The van der Waals surface area contributed by atoms with Crippen molar-refractivity contribution in [2.45, 2.75) is 25.2 Å². The van der Waals surface area contributed by atoms with E-state index < -0.39 is 18.5 Å². The molecule has 3 rings (SSSR count). The molecule has 5 nitrogen and oxygen atoms in total. The van der Waals surface area contributed by atoms with Crippen LogP contribution in [0, 0.1) is 5.82 Å². The van der Waals surface area contributed by atoms with Gasteiger partial charge in [0.2, 0.25) is 0 Å². The van der Waals surface area contributed by atoms with E-state index in [2.05, 4.69) is 0 Å². The van der Waals surface area contributed by atoms with E-state index >= 15 is 0 Å². The Morgan fingerprint density at radius 2 is 2.12 bits per heavy atom. The number of aliphatic hydroxyl groups is 2. The molecule has 1 heterocycles. The molecule has 2 N–H and O–H groups in total. The van der Waals surface area contributed by atoms with Gasteiger partial charge in [0.15, 0.2) is 0 Å². The number of nitrogens with zero attached hydrogens (tertiary/aromatic N) is 1. The second kappa shape index (κ2) is 7.21. The maximum absolute atomic E-state index is 13.9. The lowest BCUT2D eigenvalue weighted by Crippen LogP contribution is -2.31. The summed E-state index contributed by atoms with van der Waals surface area (Å²) in [6, 6.07) is 11.1. The molecule has 25 heavy (non-hydrogen) atoms. The van der Waals surface area contributed by atoms with Gasteiger partial charge < -0.3 is 19.8 Å². The van der Waals surface area contributed by atoms with Crippen LogP contribution in [0.3, 0.4) is 0 Å². The first-order valence-corrected chi connectivity index (χ1v) is 8.05. The molecule has 2 atom stereocenters. The summed E-state index contributed by atoms with van der Waals surface area (Å²) in [6.07, 6.45) is -0.224. The molecule has 0 radical (unpaired) electrons. The highest BCUT2D eigenvalue weighted by Gasteiger charge is 2.36. The van der Waals surface area contributed by atoms with Crippen LogP contribution in [0.25, 0.3) is 0 Å². The molecule has 1 aliphatic rings. The van der Waals surface area contributed by atoms with Crippen molar-refractivity contribution in [3.05, 3.63) is 65.0 Å². The number of aliphatic hydroxyl groups excluding tert-OH is 2. The molecule has 0 aromatic heterocycles. The fourth-order valence-corrected chi connectivity index (χ4v) is 3.18. The fraction of sp³-hybridized carbons (Fsp3) is 0.316. The van der Waals surface area contributed by atoms with Crippen molar-refractivity contribution in [3.8, 4) is 5.75 Å². The molecule has 0 aliphatic carbocycles. The number of β-amino-alcohol motifs (C(OH)–C–C–N with tert-alkyl or cyclic N) is 1. The van der Waals surface area contributed by atoms with Gasteiger partial charge >= 0.3 is 0 Å². The van der Waals surface area contributed by atoms with E-state index in [1.54, 1.807) is 12.0 Å². The van der Waals surface area contributed by atoms with E-state index in [4.69, 9.17) is 9.84 Å². The van der Waals surface area contributed by atoms with Crippen LogP contribution in [0.2, 0.25) is 0 Å². The van der Waals surface area contributed by atoms with E-state index in [0.29, 0.717) is 12.2 Å². The van der Waals surface area contributed by atoms with Crippen LogP contribution in [0.1, 0.15) is 33.9 Å². The Morgan fingerprint density at radius 1 is 1.32 bits per heavy atom. The van der Waals surface area contributed by atoms with Crippen LogP contribution in [-0.2, 0) is 6.61 Å². The van der Waals surface area contributed by atoms with Crippen molar-refractivity contribution in [2.75, 3.05) is 13.7 Å². The summed E-state index contributed by atoms with van der Waals surface area (Å²) in [7, 11) is 1.57. The molecule has 132 valence electrons. The van der Waals surface area contributed by atoms with Crippen molar-refractivity contribution in [3.63, 3.8) is 0 Å². The first-order chi connectivity index (χ1) is 12.0. The van der Waals surface area contributed by atoms with E-state index in [9.17, 15) is 14.3 Å². The van der Waals surface area contributed by atoms with Crippen LogP contribution in [0.5, 0.6) is 5.75 Å². The molecule has 2 aromatic carbocycles. The number of hydrogen-bond acceptors (Lipinski definition) is 4. The number of ether oxygens (including phenoxy) is 1. The van der Waals surface area contributed by atoms with Crippen LogP contribution >= 0.6 is 0 Å². The second-order valence-electron chi connectivity index (χ2n) is 6.10. The highest BCUT2D eigenvalue weighted by Crippen LogP contribution is 2.34. The smallest absolute Gasteiger partial charge is 0.254 e. The number of halogens is 1. The average molecular weight is 345 g/mol. The molecule has 1 amide bonds. The molecular formula is C19H20FNO4. The van der Waals surface area contributed by atoms with Gasteiger partial charge in [0.1, 0.15) is 11.6 Å². The Balaban J connectivity index is 1.90. The van der Waals surface area contributed by atoms with E-state index in [1.807, 2.05) is 24.3 Å². The third-order valence-corrected chi connectivity index (χ3v) is 4.49. The lowest BCUT2D eigenvalue weighted by atomic mass is 10.0. The SMILES string of the molecule is COc1cccc([C@@H]2C[C@@H](O)CN2C(=O)c2ccc(CO)c(F)c2)c1. The summed E-state index contributed by atoms with van der Waals surface area (Å²) >= 11 is 0. The summed E-state index contributed by atoms with van der Waals surface area (Å²) in [4.78, 5) is 14.4. The second-order valence-corrected chi connectivity index (χ2v) is 6.10. The Hall–Kier alpha value is -2.44. The Morgan fingerprint density at radius 3 is 2.80 bits per heavy atom. The van der Waals surface area contributed by atoms with Gasteiger partial charge in [-0.2, -0.15) is 0 Å². The molecule has 0 bridgehead atoms. The van der Waals surface area contributed by atoms with E-state index in [0.717, 1.165) is 11.6 Å². The van der Waals surface area contributed by atoms with Gasteiger partial charge in [-0.15, -0.1) is 0 Å². The van der Waals surface area contributed by atoms with Crippen LogP contribution < -0.4 is 4.74 Å². The van der Waals surface area contributed by atoms with Crippen molar-refractivity contribution >= 4 is 5.91 Å². The van der Waals surface area contributed by atoms with Crippen LogP contribution in [-0.4, -0.2) is 40.8 Å². The molecule has 0 unspecified atom stereocenters. The summed E-state index contributed by atoms with van der Waals surface area (Å²) in [5.74, 6) is -0.302. The Kier molecular flexibility index (Phi) is 5.01. The third-order valence-electron chi connectivity index (χ3n) is 4.49. The molecule has 0 spiro atoms. The molecule has 6 heteroatoms. The van der Waals surface area contributed by atoms with E-state index in [1.165, 1.54) is 12.1 Å². The van der Waals surface area contributed by atoms with Crippen molar-refractivity contribution in [1.29, 1.82) is 0 Å². The van der Waals surface area contributed by atoms with Gasteiger partial charge in [-0.1, -0.05) is 18.2 Å². The minimum Gasteiger partial charge on any atom is -0.497 e. The number of amides is 1. The number of likely N-dealkylation sites (tertiary alicyclic amines) is 1. The quantitative estimate of drug-likeness (QED) is 0.892. The lowest BCUT2D eigenvalue weighted by molar-refractivity contribution is 0.0715. The number of carbonyl (C=O) groups excluding carboxylic acids is 1. The topological polar surface area (TPSA) is 70.0 Å². The number of methoxy groups -OCH3 is 1. The average Bonchev–Trinajstić information content (AvgIpc) is 3.02. The predicted octanol–water partition coefficient (Wildman–Crippen LogP) is 2.27. The van der Waals surface area contributed by atoms with Gasteiger partial charge in [-0.05, 0) is 36.2 Å². The van der Waals surface area contributed by atoms with Gasteiger partial charge in [-0.3, -0.25) is 4.79 Å². The molecule has 2 aromatic rings. The maximum atomic E-state index is 13.9. The number of rotatable bonds is 4. The van der Waals surface area contributed by atoms with Crippen molar-refractivity contribution in [1.82, 2.24) is 4.90 Å². The third kappa shape index (κ3) is 3.50. The molecule has 1 fully saturated rings. The van der Waals surface area contributed by atoms with Gasteiger partial charge in [-0.25, -0.2) is 4.39 Å². The zero-order valence-corrected chi connectivity index (χ0v) is 13.9.